The number of carbonyl (C=O) groups excluding carboxylic acids is 3. The molecule has 2 aromatic carbocycles. The van der Waals surface area contributed by atoms with E-state index in [2.05, 4.69) is 5.32 Å². The standard InChI is InChI=1S/C21H21NO7/c1-12-5-4-6-15(7-12)29-14(3)21(25)26-10-20(24)22-17-9-19-18(27-11-28-19)8-16(17)13(2)23/h4-9,14H,10-11H2,1-3H3,(H,22,24)/t14-/m0/s1. The van der Waals surface area contributed by atoms with Crippen LogP contribution in [-0.4, -0.2) is 37.2 Å². The van der Waals surface area contributed by atoms with Crippen molar-refractivity contribution in [1.82, 2.24) is 0 Å². The third-order valence-corrected chi connectivity index (χ3v) is 4.15. The number of fused-ring (bicyclic) bond motifs is 1. The van der Waals surface area contributed by atoms with Gasteiger partial charge >= 0.3 is 5.97 Å². The molecule has 1 aliphatic heterocycles. The van der Waals surface area contributed by atoms with E-state index in [0.717, 1.165) is 5.56 Å². The molecule has 152 valence electrons. The first-order valence-corrected chi connectivity index (χ1v) is 8.98. The van der Waals surface area contributed by atoms with Crippen LogP contribution in [0.2, 0.25) is 0 Å². The second-order valence-electron chi connectivity index (χ2n) is 6.54. The van der Waals surface area contributed by atoms with Crippen molar-refractivity contribution in [2.24, 2.45) is 0 Å². The molecular formula is C21H21NO7. The summed E-state index contributed by atoms with van der Waals surface area (Å²) in [5.41, 5.74) is 1.52. The van der Waals surface area contributed by atoms with E-state index in [4.69, 9.17) is 18.9 Å². The number of ketones is 1. The topological polar surface area (TPSA) is 100 Å². The van der Waals surface area contributed by atoms with Gasteiger partial charge in [0.2, 0.25) is 6.79 Å². The average molecular weight is 399 g/mol. The van der Waals surface area contributed by atoms with Gasteiger partial charge < -0.3 is 24.3 Å². The number of amides is 1. The highest BCUT2D eigenvalue weighted by molar-refractivity contribution is 6.05. The number of Topliss-reactive ketones (excluding diaryl/α,β-unsaturated/α-hetero) is 1. The van der Waals surface area contributed by atoms with Crippen molar-refractivity contribution in [1.29, 1.82) is 0 Å². The van der Waals surface area contributed by atoms with Gasteiger partial charge in [-0.2, -0.15) is 0 Å². The highest BCUT2D eigenvalue weighted by atomic mass is 16.7. The summed E-state index contributed by atoms with van der Waals surface area (Å²) in [4.78, 5) is 36.2. The number of benzene rings is 2. The van der Waals surface area contributed by atoms with E-state index < -0.39 is 24.6 Å². The molecule has 29 heavy (non-hydrogen) atoms. The van der Waals surface area contributed by atoms with E-state index in [1.54, 1.807) is 12.1 Å². The molecule has 0 saturated heterocycles. The Morgan fingerprint density at radius 2 is 1.86 bits per heavy atom. The molecule has 0 saturated carbocycles. The summed E-state index contributed by atoms with van der Waals surface area (Å²) in [6.45, 7) is 4.34. The molecule has 1 aliphatic rings. The second-order valence-corrected chi connectivity index (χ2v) is 6.54. The molecule has 2 aromatic rings. The number of carbonyl (C=O) groups is 3. The molecule has 1 amide bonds. The minimum Gasteiger partial charge on any atom is -0.479 e. The normalized spacial score (nSPS) is 12.8. The van der Waals surface area contributed by atoms with Crippen molar-refractivity contribution in [3.63, 3.8) is 0 Å². The molecule has 8 nitrogen and oxygen atoms in total. The van der Waals surface area contributed by atoms with Gasteiger partial charge in [-0.1, -0.05) is 12.1 Å². The van der Waals surface area contributed by atoms with Crippen molar-refractivity contribution in [3.8, 4) is 17.2 Å². The van der Waals surface area contributed by atoms with Crippen LogP contribution in [0, 0.1) is 6.92 Å². The van der Waals surface area contributed by atoms with Gasteiger partial charge in [0.25, 0.3) is 5.91 Å². The van der Waals surface area contributed by atoms with Gasteiger partial charge in [0.1, 0.15) is 5.75 Å². The van der Waals surface area contributed by atoms with Gasteiger partial charge in [-0.25, -0.2) is 4.79 Å². The van der Waals surface area contributed by atoms with Crippen molar-refractivity contribution in [2.45, 2.75) is 26.9 Å². The van der Waals surface area contributed by atoms with Crippen LogP contribution in [0.25, 0.3) is 0 Å². The Bertz CT molecular complexity index is 954. The summed E-state index contributed by atoms with van der Waals surface area (Å²) in [6.07, 6.45) is -0.886. The summed E-state index contributed by atoms with van der Waals surface area (Å²) in [5, 5.41) is 2.56. The van der Waals surface area contributed by atoms with Crippen molar-refractivity contribution in [2.75, 3.05) is 18.7 Å². The number of hydrogen-bond donors (Lipinski definition) is 1. The van der Waals surface area contributed by atoms with E-state index >= 15 is 0 Å². The van der Waals surface area contributed by atoms with E-state index in [-0.39, 0.29) is 23.8 Å². The molecule has 0 aliphatic carbocycles. The fourth-order valence-corrected chi connectivity index (χ4v) is 2.72. The predicted octanol–water partition coefficient (Wildman–Crippen LogP) is 2.88. The lowest BCUT2D eigenvalue weighted by Gasteiger charge is -2.15. The predicted molar refractivity (Wildman–Crippen MR) is 103 cm³/mol. The van der Waals surface area contributed by atoms with Crippen LogP contribution in [0.4, 0.5) is 5.69 Å². The third-order valence-electron chi connectivity index (χ3n) is 4.15. The highest BCUT2D eigenvalue weighted by Crippen LogP contribution is 2.37. The van der Waals surface area contributed by atoms with Gasteiger partial charge in [0, 0.05) is 11.6 Å². The highest BCUT2D eigenvalue weighted by Gasteiger charge is 2.22. The number of rotatable bonds is 7. The Labute approximate surface area is 167 Å². The molecule has 8 heteroatoms. The lowest BCUT2D eigenvalue weighted by molar-refractivity contribution is -0.153. The van der Waals surface area contributed by atoms with Crippen molar-refractivity contribution in [3.05, 3.63) is 47.5 Å². The first kappa shape index (κ1) is 20.2. The molecule has 0 aromatic heterocycles. The molecular weight excluding hydrogens is 378 g/mol. The van der Waals surface area contributed by atoms with Gasteiger partial charge in [0.05, 0.1) is 5.69 Å². The molecule has 1 heterocycles. The van der Waals surface area contributed by atoms with Crippen LogP contribution < -0.4 is 19.5 Å². The van der Waals surface area contributed by atoms with Crippen LogP contribution in [0.3, 0.4) is 0 Å². The van der Waals surface area contributed by atoms with Gasteiger partial charge in [-0.05, 0) is 44.5 Å². The number of anilines is 1. The third kappa shape index (κ3) is 5.04. The summed E-state index contributed by atoms with van der Waals surface area (Å²) in [5.74, 6) is -0.146. The maximum absolute atomic E-state index is 12.2. The summed E-state index contributed by atoms with van der Waals surface area (Å²) in [7, 11) is 0. The number of ether oxygens (including phenoxy) is 4. The Kier molecular flexibility index (Phi) is 6.01. The molecule has 0 radical (unpaired) electrons. The zero-order valence-electron chi connectivity index (χ0n) is 16.3. The first-order chi connectivity index (χ1) is 13.8. The summed E-state index contributed by atoms with van der Waals surface area (Å²) >= 11 is 0. The zero-order chi connectivity index (χ0) is 21.0. The molecule has 0 unspecified atom stereocenters. The van der Waals surface area contributed by atoms with Crippen LogP contribution in [-0.2, 0) is 14.3 Å². The van der Waals surface area contributed by atoms with Gasteiger partial charge in [-0.3, -0.25) is 9.59 Å². The van der Waals surface area contributed by atoms with Crippen LogP contribution in [0.5, 0.6) is 17.2 Å². The lowest BCUT2D eigenvalue weighted by Crippen LogP contribution is -2.30. The average Bonchev–Trinajstić information content (AvgIpc) is 3.12. The number of hydrogen-bond acceptors (Lipinski definition) is 7. The van der Waals surface area contributed by atoms with Crippen LogP contribution in [0.15, 0.2) is 36.4 Å². The van der Waals surface area contributed by atoms with Crippen LogP contribution >= 0.6 is 0 Å². The number of nitrogens with one attached hydrogen (secondary N) is 1. The minimum absolute atomic E-state index is 0.0422. The molecule has 3 rings (SSSR count). The van der Waals surface area contributed by atoms with Gasteiger partial charge in [0.15, 0.2) is 30.0 Å². The largest absolute Gasteiger partial charge is 0.479 e. The van der Waals surface area contributed by atoms with Crippen molar-refractivity contribution < 1.29 is 33.3 Å². The second kappa shape index (κ2) is 8.64. The fourth-order valence-electron chi connectivity index (χ4n) is 2.72. The molecule has 0 fully saturated rings. The van der Waals surface area contributed by atoms with E-state index in [1.807, 2.05) is 19.1 Å². The number of aryl methyl sites for hydroxylation is 1. The monoisotopic (exact) mass is 399 g/mol. The Morgan fingerprint density at radius 3 is 2.55 bits per heavy atom. The summed E-state index contributed by atoms with van der Waals surface area (Å²) < 4.78 is 21.0. The fraction of sp³-hybridized carbons (Fsp3) is 0.286. The van der Waals surface area contributed by atoms with Gasteiger partial charge in [-0.15, -0.1) is 0 Å². The minimum atomic E-state index is -0.886. The van der Waals surface area contributed by atoms with Crippen molar-refractivity contribution >= 4 is 23.3 Å². The molecule has 0 spiro atoms. The first-order valence-electron chi connectivity index (χ1n) is 8.98. The molecule has 1 N–H and O–H groups in total. The molecule has 1 atom stereocenters. The zero-order valence-corrected chi connectivity index (χ0v) is 16.3. The Hall–Kier alpha value is -3.55. The number of esters is 1. The summed E-state index contributed by atoms with van der Waals surface area (Å²) in [6, 6.07) is 10.2. The maximum Gasteiger partial charge on any atom is 0.347 e. The Balaban J connectivity index is 1.57. The lowest BCUT2D eigenvalue weighted by atomic mass is 10.1. The molecule has 0 bridgehead atoms. The van der Waals surface area contributed by atoms with E-state index in [0.29, 0.717) is 17.2 Å². The quantitative estimate of drug-likeness (QED) is 0.564. The smallest absolute Gasteiger partial charge is 0.347 e. The Morgan fingerprint density at radius 1 is 1.14 bits per heavy atom. The van der Waals surface area contributed by atoms with Crippen LogP contribution in [0.1, 0.15) is 29.8 Å². The maximum atomic E-state index is 12.2. The SMILES string of the molecule is CC(=O)c1cc2c(cc1NC(=O)COC(=O)[C@H](C)Oc1cccc(C)c1)OCO2. The van der Waals surface area contributed by atoms with E-state index in [1.165, 1.54) is 26.0 Å². The van der Waals surface area contributed by atoms with E-state index in [9.17, 15) is 14.4 Å².